The Bertz CT molecular complexity index is 528. The number of nitrogens with zero attached hydrogens (tertiary/aromatic N) is 1. The van der Waals surface area contributed by atoms with E-state index in [-0.39, 0.29) is 18.4 Å². The lowest BCUT2D eigenvalue weighted by molar-refractivity contribution is -0.141. The van der Waals surface area contributed by atoms with Crippen LogP contribution in [0.3, 0.4) is 0 Å². The van der Waals surface area contributed by atoms with E-state index in [1.165, 1.54) is 0 Å². The summed E-state index contributed by atoms with van der Waals surface area (Å²) in [7, 11) is 0. The number of benzene rings is 1. The van der Waals surface area contributed by atoms with E-state index >= 15 is 0 Å². The monoisotopic (exact) mass is 276 g/mol. The van der Waals surface area contributed by atoms with Crippen molar-refractivity contribution in [2.75, 3.05) is 25.0 Å². The fraction of sp³-hybridized carbons (Fsp3) is 0.467. The minimum atomic E-state index is -0.776. The highest BCUT2D eigenvalue weighted by Gasteiger charge is 2.28. The van der Waals surface area contributed by atoms with Crippen LogP contribution in [0, 0.1) is 19.8 Å². The van der Waals surface area contributed by atoms with Crippen LogP contribution < -0.4 is 5.32 Å². The summed E-state index contributed by atoms with van der Waals surface area (Å²) in [5.41, 5.74) is 3.00. The summed E-state index contributed by atoms with van der Waals surface area (Å²) >= 11 is 0. The third kappa shape index (κ3) is 3.57. The summed E-state index contributed by atoms with van der Waals surface area (Å²) in [6.45, 7) is 5.33. The molecule has 5 nitrogen and oxygen atoms in total. The average molecular weight is 276 g/mol. The van der Waals surface area contributed by atoms with Gasteiger partial charge in [-0.3, -0.25) is 14.5 Å². The van der Waals surface area contributed by atoms with E-state index in [9.17, 15) is 9.59 Å². The molecule has 0 aliphatic carbocycles. The summed E-state index contributed by atoms with van der Waals surface area (Å²) in [5.74, 6) is -1.21. The molecule has 108 valence electrons. The molecule has 1 unspecified atom stereocenters. The Hall–Kier alpha value is -1.88. The lowest BCUT2D eigenvalue weighted by atomic mass is 10.1. The highest BCUT2D eigenvalue weighted by molar-refractivity contribution is 5.93. The lowest BCUT2D eigenvalue weighted by Gasteiger charge is -2.15. The number of rotatable bonds is 4. The molecule has 2 rings (SSSR count). The molecule has 1 saturated heterocycles. The standard InChI is InChI=1S/C15H20N2O3/c1-10-3-4-13(11(2)7-10)16-14(18)9-17-6-5-12(8-17)15(19)20/h3-4,7,12H,5-6,8-9H2,1-2H3,(H,16,18)(H,19,20). The van der Waals surface area contributed by atoms with E-state index in [2.05, 4.69) is 5.32 Å². The first kappa shape index (κ1) is 14.5. The number of carbonyl (C=O) groups excluding carboxylic acids is 1. The molecule has 0 bridgehead atoms. The molecular formula is C15H20N2O3. The van der Waals surface area contributed by atoms with Crippen LogP contribution in [-0.4, -0.2) is 41.5 Å². The van der Waals surface area contributed by atoms with Gasteiger partial charge in [0.05, 0.1) is 12.5 Å². The van der Waals surface area contributed by atoms with Gasteiger partial charge in [-0.15, -0.1) is 0 Å². The smallest absolute Gasteiger partial charge is 0.307 e. The first-order valence-electron chi connectivity index (χ1n) is 6.78. The first-order valence-corrected chi connectivity index (χ1v) is 6.78. The molecule has 5 heteroatoms. The largest absolute Gasteiger partial charge is 0.481 e. The molecular weight excluding hydrogens is 256 g/mol. The van der Waals surface area contributed by atoms with Gasteiger partial charge in [0, 0.05) is 12.2 Å². The van der Waals surface area contributed by atoms with Gasteiger partial charge in [-0.25, -0.2) is 0 Å². The molecule has 1 heterocycles. The van der Waals surface area contributed by atoms with Crippen LogP contribution >= 0.6 is 0 Å². The van der Waals surface area contributed by atoms with Gasteiger partial charge < -0.3 is 10.4 Å². The van der Waals surface area contributed by atoms with Gasteiger partial charge in [-0.2, -0.15) is 0 Å². The maximum absolute atomic E-state index is 12.0. The van der Waals surface area contributed by atoms with Crippen molar-refractivity contribution in [2.24, 2.45) is 5.92 Å². The van der Waals surface area contributed by atoms with Crippen molar-refractivity contribution in [2.45, 2.75) is 20.3 Å². The first-order chi connectivity index (χ1) is 9.45. The zero-order valence-electron chi connectivity index (χ0n) is 11.8. The molecule has 1 atom stereocenters. The number of hydrogen-bond donors (Lipinski definition) is 2. The second-order valence-electron chi connectivity index (χ2n) is 5.43. The van der Waals surface area contributed by atoms with E-state index in [0.717, 1.165) is 16.8 Å². The van der Waals surface area contributed by atoms with E-state index < -0.39 is 5.97 Å². The molecule has 1 aromatic rings. The van der Waals surface area contributed by atoms with E-state index in [4.69, 9.17) is 5.11 Å². The molecule has 2 N–H and O–H groups in total. The number of carbonyl (C=O) groups is 2. The fourth-order valence-corrected chi connectivity index (χ4v) is 2.52. The summed E-state index contributed by atoms with van der Waals surface area (Å²) < 4.78 is 0. The Morgan fingerprint density at radius 2 is 2.15 bits per heavy atom. The molecule has 20 heavy (non-hydrogen) atoms. The number of nitrogens with one attached hydrogen (secondary N) is 1. The van der Waals surface area contributed by atoms with Crippen LogP contribution in [-0.2, 0) is 9.59 Å². The van der Waals surface area contributed by atoms with Gasteiger partial charge in [0.2, 0.25) is 5.91 Å². The van der Waals surface area contributed by atoms with E-state index in [1.807, 2.05) is 36.9 Å². The van der Waals surface area contributed by atoms with E-state index in [1.54, 1.807) is 0 Å². The molecule has 0 saturated carbocycles. The third-order valence-electron chi connectivity index (χ3n) is 3.64. The molecule has 1 aliphatic heterocycles. The average Bonchev–Trinajstić information content (AvgIpc) is 2.81. The highest BCUT2D eigenvalue weighted by Crippen LogP contribution is 2.18. The Labute approximate surface area is 118 Å². The van der Waals surface area contributed by atoms with Gasteiger partial charge in [-0.05, 0) is 38.4 Å². The number of carboxylic acid groups (broad SMARTS) is 1. The maximum atomic E-state index is 12.0. The Morgan fingerprint density at radius 3 is 2.75 bits per heavy atom. The van der Waals surface area contributed by atoms with Gasteiger partial charge in [0.15, 0.2) is 0 Å². The van der Waals surface area contributed by atoms with Crippen molar-refractivity contribution in [3.05, 3.63) is 29.3 Å². The molecule has 0 spiro atoms. The van der Waals surface area contributed by atoms with Crippen molar-refractivity contribution in [1.29, 1.82) is 0 Å². The van der Waals surface area contributed by atoms with Crippen molar-refractivity contribution >= 4 is 17.6 Å². The highest BCUT2D eigenvalue weighted by atomic mass is 16.4. The van der Waals surface area contributed by atoms with Crippen molar-refractivity contribution < 1.29 is 14.7 Å². The Balaban J connectivity index is 1.88. The molecule has 1 fully saturated rings. The Kier molecular flexibility index (Phi) is 4.39. The summed E-state index contributed by atoms with van der Waals surface area (Å²) in [6.07, 6.45) is 0.617. The molecule has 1 aliphatic rings. The van der Waals surface area contributed by atoms with Crippen molar-refractivity contribution in [1.82, 2.24) is 4.90 Å². The molecule has 1 amide bonds. The SMILES string of the molecule is Cc1ccc(NC(=O)CN2CCC(C(=O)O)C2)c(C)c1. The number of likely N-dealkylation sites (tertiary alicyclic amines) is 1. The van der Waals surface area contributed by atoms with Gasteiger partial charge in [0.25, 0.3) is 0 Å². The topological polar surface area (TPSA) is 69.6 Å². The third-order valence-corrected chi connectivity index (χ3v) is 3.64. The number of aliphatic carboxylic acids is 1. The van der Waals surface area contributed by atoms with Crippen molar-refractivity contribution in [3.63, 3.8) is 0 Å². The second kappa shape index (κ2) is 6.05. The lowest BCUT2D eigenvalue weighted by Crippen LogP contribution is -2.32. The van der Waals surface area contributed by atoms with Crippen LogP contribution in [0.5, 0.6) is 0 Å². The van der Waals surface area contributed by atoms with Crippen molar-refractivity contribution in [3.8, 4) is 0 Å². The minimum absolute atomic E-state index is 0.0945. The summed E-state index contributed by atoms with van der Waals surface area (Å²) in [5, 5.41) is 11.8. The number of aryl methyl sites for hydroxylation is 2. The second-order valence-corrected chi connectivity index (χ2v) is 5.43. The zero-order chi connectivity index (χ0) is 14.7. The molecule has 0 radical (unpaired) electrons. The van der Waals surface area contributed by atoms with Crippen LogP contribution in [0.25, 0.3) is 0 Å². The van der Waals surface area contributed by atoms with Crippen LogP contribution in [0.1, 0.15) is 17.5 Å². The van der Waals surface area contributed by atoms with Crippen LogP contribution in [0.2, 0.25) is 0 Å². The fourth-order valence-electron chi connectivity index (χ4n) is 2.52. The summed E-state index contributed by atoms with van der Waals surface area (Å²) in [4.78, 5) is 24.7. The summed E-state index contributed by atoms with van der Waals surface area (Å²) in [6, 6.07) is 5.87. The normalized spacial score (nSPS) is 19.0. The quantitative estimate of drug-likeness (QED) is 0.877. The van der Waals surface area contributed by atoms with Crippen LogP contribution in [0.4, 0.5) is 5.69 Å². The van der Waals surface area contributed by atoms with Gasteiger partial charge >= 0.3 is 5.97 Å². The molecule has 1 aromatic carbocycles. The van der Waals surface area contributed by atoms with Gasteiger partial charge in [0.1, 0.15) is 0 Å². The number of carboxylic acids is 1. The molecule has 0 aromatic heterocycles. The number of hydrogen-bond acceptors (Lipinski definition) is 3. The minimum Gasteiger partial charge on any atom is -0.481 e. The Morgan fingerprint density at radius 1 is 1.40 bits per heavy atom. The number of anilines is 1. The maximum Gasteiger partial charge on any atom is 0.307 e. The predicted molar refractivity (Wildman–Crippen MR) is 76.7 cm³/mol. The van der Waals surface area contributed by atoms with Gasteiger partial charge in [-0.1, -0.05) is 17.7 Å². The van der Waals surface area contributed by atoms with E-state index in [0.29, 0.717) is 19.5 Å². The van der Waals surface area contributed by atoms with Crippen LogP contribution in [0.15, 0.2) is 18.2 Å². The number of amides is 1. The zero-order valence-corrected chi connectivity index (χ0v) is 11.8. The predicted octanol–water partition coefficient (Wildman–Crippen LogP) is 1.65.